The molecule has 0 radical (unpaired) electrons. The molecule has 144 valence electrons. The van der Waals surface area contributed by atoms with E-state index in [4.69, 9.17) is 0 Å². The van der Waals surface area contributed by atoms with Crippen LogP contribution in [0.5, 0.6) is 0 Å². The van der Waals surface area contributed by atoms with E-state index in [1.165, 1.54) is 11.1 Å². The van der Waals surface area contributed by atoms with Crippen molar-refractivity contribution in [1.82, 2.24) is 15.1 Å². The van der Waals surface area contributed by atoms with Crippen molar-refractivity contribution in [2.45, 2.75) is 31.6 Å². The zero-order valence-corrected chi connectivity index (χ0v) is 19.0. The van der Waals surface area contributed by atoms with E-state index in [9.17, 15) is 4.79 Å². The number of carbonyl (C=O) groups excluding carboxylic acids is 1. The second-order valence-corrected chi connectivity index (χ2v) is 9.07. The maximum Gasteiger partial charge on any atom is 0.242 e. The molecule has 0 bridgehead atoms. The second kappa shape index (κ2) is 9.30. The van der Waals surface area contributed by atoms with Crippen LogP contribution in [0.1, 0.15) is 25.0 Å². The van der Waals surface area contributed by atoms with Crippen LogP contribution >= 0.6 is 35.7 Å². The maximum absolute atomic E-state index is 12.6. The van der Waals surface area contributed by atoms with E-state index in [0.29, 0.717) is 13.1 Å². The zero-order chi connectivity index (χ0) is 17.9. The summed E-state index contributed by atoms with van der Waals surface area (Å²) < 4.78 is 0.219. The number of aliphatic imine (C=N–C) groups is 1. The Labute approximate surface area is 178 Å². The van der Waals surface area contributed by atoms with Crippen LogP contribution in [0.15, 0.2) is 29.3 Å². The summed E-state index contributed by atoms with van der Waals surface area (Å²) in [5.41, 5.74) is 2.63. The van der Waals surface area contributed by atoms with Gasteiger partial charge in [-0.3, -0.25) is 9.79 Å². The van der Waals surface area contributed by atoms with E-state index in [0.717, 1.165) is 37.8 Å². The molecule has 0 aromatic heterocycles. The van der Waals surface area contributed by atoms with Gasteiger partial charge in [0, 0.05) is 43.7 Å². The van der Waals surface area contributed by atoms with Gasteiger partial charge in [-0.1, -0.05) is 24.3 Å². The molecule has 1 saturated heterocycles. The Balaban J connectivity index is 0.00000243. The summed E-state index contributed by atoms with van der Waals surface area (Å²) in [5, 5.41) is 3.27. The van der Waals surface area contributed by atoms with Crippen molar-refractivity contribution < 1.29 is 4.79 Å². The van der Waals surface area contributed by atoms with Gasteiger partial charge in [0.1, 0.15) is 0 Å². The average Bonchev–Trinajstić information content (AvgIpc) is 2.61. The Morgan fingerprint density at radius 2 is 1.96 bits per heavy atom. The number of thioether (sulfide) groups is 1. The number of nitrogens with one attached hydrogen (secondary N) is 1. The molecule has 2 aliphatic rings. The molecule has 7 heteroatoms. The van der Waals surface area contributed by atoms with Gasteiger partial charge in [-0.15, -0.1) is 24.0 Å². The molecule has 1 amide bonds. The predicted molar refractivity (Wildman–Crippen MR) is 120 cm³/mol. The lowest BCUT2D eigenvalue weighted by atomic mass is 10.00. The SMILES string of the molecule is CN=C(NCC(=O)N1CCc2ccccc2C1)N1CCSC(C)(C)C1.I. The smallest absolute Gasteiger partial charge is 0.242 e. The lowest BCUT2D eigenvalue weighted by Gasteiger charge is -2.39. The van der Waals surface area contributed by atoms with Crippen LogP contribution in [0.4, 0.5) is 0 Å². The summed E-state index contributed by atoms with van der Waals surface area (Å²) in [6, 6.07) is 8.39. The van der Waals surface area contributed by atoms with Gasteiger partial charge >= 0.3 is 0 Å². The second-order valence-electron chi connectivity index (χ2n) is 7.26. The van der Waals surface area contributed by atoms with E-state index >= 15 is 0 Å². The average molecular weight is 488 g/mol. The number of carbonyl (C=O) groups is 1. The molecule has 26 heavy (non-hydrogen) atoms. The molecule has 1 fully saturated rings. The van der Waals surface area contributed by atoms with Crippen molar-refractivity contribution in [1.29, 1.82) is 0 Å². The number of hydrogen-bond acceptors (Lipinski definition) is 3. The van der Waals surface area contributed by atoms with Crippen LogP contribution in [0.25, 0.3) is 0 Å². The zero-order valence-electron chi connectivity index (χ0n) is 15.8. The molecule has 2 heterocycles. The van der Waals surface area contributed by atoms with Crippen LogP contribution in [0, 0.1) is 0 Å². The molecule has 0 unspecified atom stereocenters. The normalized spacial score (nSPS) is 19.4. The molecule has 0 saturated carbocycles. The van der Waals surface area contributed by atoms with Gasteiger partial charge in [0.15, 0.2) is 5.96 Å². The number of rotatable bonds is 2. The lowest BCUT2D eigenvalue weighted by molar-refractivity contribution is -0.130. The van der Waals surface area contributed by atoms with E-state index in [-0.39, 0.29) is 34.6 Å². The first-order valence-corrected chi connectivity index (χ1v) is 9.91. The van der Waals surface area contributed by atoms with Crippen molar-refractivity contribution >= 4 is 47.6 Å². The lowest BCUT2D eigenvalue weighted by Crippen LogP contribution is -2.52. The predicted octanol–water partition coefficient (Wildman–Crippen LogP) is 2.59. The minimum atomic E-state index is 0. The topological polar surface area (TPSA) is 47.9 Å². The summed E-state index contributed by atoms with van der Waals surface area (Å²) in [5.74, 6) is 2.06. The molecule has 2 aliphatic heterocycles. The highest BCUT2D eigenvalue weighted by atomic mass is 127. The third-order valence-electron chi connectivity index (χ3n) is 4.82. The number of amides is 1. The first-order chi connectivity index (χ1) is 12.0. The molecule has 5 nitrogen and oxygen atoms in total. The van der Waals surface area contributed by atoms with Crippen molar-refractivity contribution in [2.24, 2.45) is 4.99 Å². The molecule has 0 atom stereocenters. The Kier molecular flexibility index (Phi) is 7.63. The van der Waals surface area contributed by atoms with E-state index in [1.807, 2.05) is 22.7 Å². The third kappa shape index (κ3) is 5.28. The standard InChI is InChI=1S/C19H28N4OS.HI/c1-19(2)14-23(10-11-25-19)18(20-3)21-12-17(24)22-9-8-15-6-4-5-7-16(15)13-22;/h4-7H,8-14H2,1-3H3,(H,20,21);1H. The molecular formula is C19H29IN4OS. The minimum absolute atomic E-state index is 0. The van der Waals surface area contributed by atoms with Gasteiger partial charge in [-0.2, -0.15) is 11.8 Å². The highest BCUT2D eigenvalue weighted by molar-refractivity contribution is 14.0. The summed E-state index contributed by atoms with van der Waals surface area (Å²) >= 11 is 1.99. The van der Waals surface area contributed by atoms with Crippen LogP contribution in [0.2, 0.25) is 0 Å². The van der Waals surface area contributed by atoms with E-state index in [2.05, 4.69) is 47.3 Å². The fraction of sp³-hybridized carbons (Fsp3) is 0.579. The molecule has 1 aromatic rings. The summed E-state index contributed by atoms with van der Waals surface area (Å²) in [7, 11) is 1.79. The quantitative estimate of drug-likeness (QED) is 0.395. The number of nitrogens with zero attached hydrogens (tertiary/aromatic N) is 3. The van der Waals surface area contributed by atoms with Gasteiger partial charge in [-0.05, 0) is 31.4 Å². The Morgan fingerprint density at radius 1 is 1.23 bits per heavy atom. The fourth-order valence-electron chi connectivity index (χ4n) is 3.50. The molecule has 1 aromatic carbocycles. The molecule has 0 aliphatic carbocycles. The van der Waals surface area contributed by atoms with Gasteiger partial charge in [-0.25, -0.2) is 0 Å². The highest BCUT2D eigenvalue weighted by Crippen LogP contribution is 2.29. The monoisotopic (exact) mass is 488 g/mol. The van der Waals surface area contributed by atoms with Gasteiger partial charge in [0.05, 0.1) is 6.54 Å². The van der Waals surface area contributed by atoms with E-state index in [1.54, 1.807) is 7.05 Å². The Hall–Kier alpha value is -0.960. The molecule has 1 N–H and O–H groups in total. The molecular weight excluding hydrogens is 459 g/mol. The molecule has 0 spiro atoms. The number of benzene rings is 1. The minimum Gasteiger partial charge on any atom is -0.347 e. The Morgan fingerprint density at radius 3 is 2.65 bits per heavy atom. The largest absolute Gasteiger partial charge is 0.347 e. The van der Waals surface area contributed by atoms with Crippen molar-refractivity contribution in [3.8, 4) is 0 Å². The fourth-order valence-corrected chi connectivity index (χ4v) is 4.62. The Bertz CT molecular complexity index is 665. The summed E-state index contributed by atoms with van der Waals surface area (Å²) in [6.45, 7) is 8.24. The molecule has 3 rings (SSSR count). The van der Waals surface area contributed by atoms with Crippen LogP contribution < -0.4 is 5.32 Å². The van der Waals surface area contributed by atoms with Crippen molar-refractivity contribution in [3.63, 3.8) is 0 Å². The van der Waals surface area contributed by atoms with Gasteiger partial charge in [0.25, 0.3) is 0 Å². The number of halogens is 1. The number of guanidine groups is 1. The van der Waals surface area contributed by atoms with Gasteiger partial charge in [0.2, 0.25) is 5.91 Å². The highest BCUT2D eigenvalue weighted by Gasteiger charge is 2.29. The first kappa shape index (κ1) is 21.3. The summed E-state index contributed by atoms with van der Waals surface area (Å²) in [6.07, 6.45) is 0.939. The van der Waals surface area contributed by atoms with Crippen LogP contribution in [-0.2, 0) is 17.8 Å². The number of hydrogen-bond donors (Lipinski definition) is 1. The van der Waals surface area contributed by atoms with Gasteiger partial charge < -0.3 is 15.1 Å². The van der Waals surface area contributed by atoms with Crippen molar-refractivity contribution in [2.75, 3.05) is 39.0 Å². The number of fused-ring (bicyclic) bond motifs is 1. The maximum atomic E-state index is 12.6. The van der Waals surface area contributed by atoms with E-state index < -0.39 is 0 Å². The van der Waals surface area contributed by atoms with Crippen LogP contribution in [0.3, 0.4) is 0 Å². The summed E-state index contributed by atoms with van der Waals surface area (Å²) in [4.78, 5) is 21.2. The first-order valence-electron chi connectivity index (χ1n) is 8.92. The van der Waals surface area contributed by atoms with Crippen molar-refractivity contribution in [3.05, 3.63) is 35.4 Å². The third-order valence-corrected chi connectivity index (χ3v) is 6.12. The van der Waals surface area contributed by atoms with Crippen LogP contribution in [-0.4, -0.2) is 65.4 Å².